The highest BCUT2D eigenvalue weighted by Crippen LogP contribution is 2.36. The Balaban J connectivity index is 1.63. The summed E-state index contributed by atoms with van der Waals surface area (Å²) in [6.07, 6.45) is 0. The number of carbonyl (C=O) groups excluding carboxylic acids is 3. The highest BCUT2D eigenvalue weighted by atomic mass is 35.5. The summed E-state index contributed by atoms with van der Waals surface area (Å²) in [5.74, 6) is -0.892. The molecule has 0 bridgehead atoms. The molecule has 1 heterocycles. The zero-order valence-corrected chi connectivity index (χ0v) is 17.0. The molecule has 0 atom stereocenters. The number of carbonyl (C=O) groups is 3. The summed E-state index contributed by atoms with van der Waals surface area (Å²) in [7, 11) is 1.43. The van der Waals surface area contributed by atoms with Crippen LogP contribution in [0.5, 0.6) is 5.75 Å². The molecule has 3 aromatic carbocycles. The lowest BCUT2D eigenvalue weighted by Crippen LogP contribution is -2.29. The van der Waals surface area contributed by atoms with E-state index in [-0.39, 0.29) is 11.7 Å². The molecule has 30 heavy (non-hydrogen) atoms. The second-order valence-corrected chi connectivity index (χ2v) is 7.20. The molecule has 0 fully saturated rings. The van der Waals surface area contributed by atoms with Gasteiger partial charge in [0.1, 0.15) is 5.75 Å². The number of anilines is 2. The predicted molar refractivity (Wildman–Crippen MR) is 115 cm³/mol. The highest BCUT2D eigenvalue weighted by Gasteiger charge is 2.37. The van der Waals surface area contributed by atoms with Crippen molar-refractivity contribution in [1.82, 2.24) is 0 Å². The second-order valence-electron chi connectivity index (χ2n) is 6.80. The number of halogens is 1. The van der Waals surface area contributed by atoms with Crippen molar-refractivity contribution in [3.63, 3.8) is 0 Å². The number of fused-ring (bicyclic) bond motifs is 1. The zero-order chi connectivity index (χ0) is 21.4. The number of methoxy groups -OCH3 is 1. The lowest BCUT2D eigenvalue weighted by atomic mass is 10.1. The summed E-state index contributed by atoms with van der Waals surface area (Å²) in [5.41, 5.74) is 2.74. The summed E-state index contributed by atoms with van der Waals surface area (Å²) in [5, 5.41) is 3.27. The number of nitrogens with zero attached hydrogens (tertiary/aromatic N) is 1. The van der Waals surface area contributed by atoms with Gasteiger partial charge in [-0.2, -0.15) is 0 Å². The SMILES string of the molecule is COc1cc(NC(=O)c2ccc(C)c(Cl)c2)ccc1N1C(=O)c2ccccc2C1=O. The van der Waals surface area contributed by atoms with Crippen LogP contribution >= 0.6 is 11.6 Å². The van der Waals surface area contributed by atoms with Gasteiger partial charge in [0.25, 0.3) is 17.7 Å². The number of ether oxygens (including phenoxy) is 1. The van der Waals surface area contributed by atoms with E-state index in [1.165, 1.54) is 7.11 Å². The van der Waals surface area contributed by atoms with Gasteiger partial charge in [-0.05, 0) is 48.9 Å². The average Bonchev–Trinajstić information content (AvgIpc) is 3.00. The van der Waals surface area contributed by atoms with Crippen LogP contribution in [0, 0.1) is 6.92 Å². The van der Waals surface area contributed by atoms with E-state index < -0.39 is 11.8 Å². The van der Waals surface area contributed by atoms with Crippen LogP contribution in [-0.4, -0.2) is 24.8 Å². The Kier molecular flexibility index (Phi) is 5.01. The number of hydrogen-bond acceptors (Lipinski definition) is 4. The lowest BCUT2D eigenvalue weighted by molar-refractivity contribution is 0.0923. The molecule has 150 valence electrons. The molecule has 3 amide bonds. The number of amides is 3. The molecule has 0 aliphatic carbocycles. The molecular weight excluding hydrogens is 404 g/mol. The molecule has 0 spiro atoms. The number of imide groups is 1. The first-order chi connectivity index (χ1) is 14.4. The summed E-state index contributed by atoms with van der Waals surface area (Å²) < 4.78 is 5.40. The van der Waals surface area contributed by atoms with Gasteiger partial charge in [-0.15, -0.1) is 0 Å². The fourth-order valence-electron chi connectivity index (χ4n) is 3.29. The number of aryl methyl sites for hydroxylation is 1. The zero-order valence-electron chi connectivity index (χ0n) is 16.2. The van der Waals surface area contributed by atoms with E-state index in [4.69, 9.17) is 16.3 Å². The standard InChI is InChI=1S/C23H17ClN2O4/c1-13-7-8-14(11-18(13)24)21(27)25-15-9-10-19(20(12-15)30-2)26-22(28)16-5-3-4-6-17(16)23(26)29/h3-12H,1-2H3,(H,25,27). The molecule has 3 aromatic rings. The monoisotopic (exact) mass is 420 g/mol. The molecule has 0 radical (unpaired) electrons. The van der Waals surface area contributed by atoms with Crippen molar-refractivity contribution in [2.24, 2.45) is 0 Å². The van der Waals surface area contributed by atoms with E-state index in [9.17, 15) is 14.4 Å². The van der Waals surface area contributed by atoms with Crippen molar-refractivity contribution in [1.29, 1.82) is 0 Å². The summed E-state index contributed by atoms with van der Waals surface area (Å²) >= 11 is 6.10. The topological polar surface area (TPSA) is 75.7 Å². The summed E-state index contributed by atoms with van der Waals surface area (Å²) in [6, 6.07) is 16.4. The van der Waals surface area contributed by atoms with Crippen molar-refractivity contribution < 1.29 is 19.1 Å². The lowest BCUT2D eigenvalue weighted by Gasteiger charge is -2.18. The van der Waals surface area contributed by atoms with Crippen LogP contribution in [-0.2, 0) is 0 Å². The van der Waals surface area contributed by atoms with Gasteiger partial charge < -0.3 is 10.1 Å². The third-order valence-corrected chi connectivity index (χ3v) is 5.31. The fraction of sp³-hybridized carbons (Fsp3) is 0.0870. The van der Waals surface area contributed by atoms with Crippen LogP contribution in [0.1, 0.15) is 36.6 Å². The molecular formula is C23H17ClN2O4. The minimum Gasteiger partial charge on any atom is -0.494 e. The van der Waals surface area contributed by atoms with Gasteiger partial charge >= 0.3 is 0 Å². The third-order valence-electron chi connectivity index (χ3n) is 4.91. The van der Waals surface area contributed by atoms with Crippen molar-refractivity contribution in [2.75, 3.05) is 17.3 Å². The summed E-state index contributed by atoms with van der Waals surface area (Å²) in [4.78, 5) is 39.1. The minimum atomic E-state index is -0.417. The van der Waals surface area contributed by atoms with E-state index >= 15 is 0 Å². The second kappa shape index (κ2) is 7.65. The first-order valence-corrected chi connectivity index (χ1v) is 9.52. The molecule has 1 aliphatic rings. The van der Waals surface area contributed by atoms with Crippen LogP contribution in [0.15, 0.2) is 60.7 Å². The Morgan fingerprint density at radius 2 is 1.63 bits per heavy atom. The number of nitrogens with one attached hydrogen (secondary N) is 1. The smallest absolute Gasteiger partial charge is 0.266 e. The maximum absolute atomic E-state index is 12.8. The quantitative estimate of drug-likeness (QED) is 0.620. The van der Waals surface area contributed by atoms with Crippen molar-refractivity contribution in [3.05, 3.63) is 87.9 Å². The van der Waals surface area contributed by atoms with E-state index in [2.05, 4.69) is 5.32 Å². The maximum atomic E-state index is 12.8. The normalized spacial score (nSPS) is 12.7. The number of rotatable bonds is 4. The Labute approximate surface area is 178 Å². The average molecular weight is 421 g/mol. The van der Waals surface area contributed by atoms with E-state index in [1.807, 2.05) is 6.92 Å². The number of benzene rings is 3. The summed E-state index contributed by atoms with van der Waals surface area (Å²) in [6.45, 7) is 1.85. The van der Waals surface area contributed by atoms with E-state index in [0.29, 0.717) is 33.1 Å². The third kappa shape index (κ3) is 3.31. The van der Waals surface area contributed by atoms with Gasteiger partial charge in [0, 0.05) is 22.3 Å². The number of hydrogen-bond donors (Lipinski definition) is 1. The molecule has 0 aromatic heterocycles. The van der Waals surface area contributed by atoms with Crippen LogP contribution in [0.4, 0.5) is 11.4 Å². The highest BCUT2D eigenvalue weighted by molar-refractivity contribution is 6.35. The van der Waals surface area contributed by atoms with Gasteiger partial charge in [0.05, 0.1) is 23.9 Å². The largest absolute Gasteiger partial charge is 0.494 e. The maximum Gasteiger partial charge on any atom is 0.266 e. The molecule has 4 rings (SSSR count). The van der Waals surface area contributed by atoms with Crippen molar-refractivity contribution in [2.45, 2.75) is 6.92 Å². The first kappa shape index (κ1) is 19.7. The molecule has 0 unspecified atom stereocenters. The van der Waals surface area contributed by atoms with Crippen LogP contribution in [0.2, 0.25) is 5.02 Å². The van der Waals surface area contributed by atoms with E-state index in [1.54, 1.807) is 60.7 Å². The molecule has 7 heteroatoms. The van der Waals surface area contributed by atoms with Crippen molar-refractivity contribution in [3.8, 4) is 5.75 Å². The van der Waals surface area contributed by atoms with Gasteiger partial charge in [-0.25, -0.2) is 4.90 Å². The molecule has 0 saturated carbocycles. The van der Waals surface area contributed by atoms with Gasteiger partial charge in [-0.1, -0.05) is 29.8 Å². The molecule has 1 aliphatic heterocycles. The predicted octanol–water partition coefficient (Wildman–Crippen LogP) is 4.71. The molecule has 0 saturated heterocycles. The molecule has 6 nitrogen and oxygen atoms in total. The minimum absolute atomic E-state index is 0.282. The van der Waals surface area contributed by atoms with Crippen LogP contribution < -0.4 is 15.0 Å². The first-order valence-electron chi connectivity index (χ1n) is 9.14. The van der Waals surface area contributed by atoms with Crippen LogP contribution in [0.25, 0.3) is 0 Å². The van der Waals surface area contributed by atoms with Gasteiger partial charge in [0.15, 0.2) is 0 Å². The molecule has 1 N–H and O–H groups in total. The van der Waals surface area contributed by atoms with Gasteiger partial charge in [-0.3, -0.25) is 14.4 Å². The Morgan fingerprint density at radius 3 is 2.23 bits per heavy atom. The van der Waals surface area contributed by atoms with Crippen molar-refractivity contribution >= 4 is 40.7 Å². The Hall–Kier alpha value is -3.64. The Morgan fingerprint density at radius 1 is 0.967 bits per heavy atom. The van der Waals surface area contributed by atoms with Gasteiger partial charge in [0.2, 0.25) is 0 Å². The fourth-order valence-corrected chi connectivity index (χ4v) is 3.47. The van der Waals surface area contributed by atoms with E-state index in [0.717, 1.165) is 10.5 Å². The van der Waals surface area contributed by atoms with Crippen LogP contribution in [0.3, 0.4) is 0 Å². The Bertz CT molecular complexity index is 1170.